The lowest BCUT2D eigenvalue weighted by molar-refractivity contribution is 1.30. The van der Waals surface area contributed by atoms with Gasteiger partial charge in [0.1, 0.15) is 4.34 Å². The first kappa shape index (κ1) is 9.46. The number of hydrogen-bond acceptors (Lipinski definition) is 3. The average molecular weight is 250 g/mol. The molecule has 0 aliphatic heterocycles. The lowest BCUT2D eigenvalue weighted by atomic mass is 10.3. The largest absolute Gasteiger partial charge is 0.241 e. The molecule has 0 bridgehead atoms. The highest BCUT2D eigenvalue weighted by Crippen LogP contribution is 2.38. The van der Waals surface area contributed by atoms with E-state index < -0.39 is 0 Å². The topological polar surface area (TPSA) is 12.9 Å². The molecule has 2 heterocycles. The van der Waals surface area contributed by atoms with Gasteiger partial charge in [0, 0.05) is 10.9 Å². The molecule has 0 aromatic carbocycles. The van der Waals surface area contributed by atoms with Crippen molar-refractivity contribution in [1.29, 1.82) is 0 Å². The minimum atomic E-state index is 0.700. The van der Waals surface area contributed by atoms with Crippen LogP contribution in [0.15, 0.2) is 11.4 Å². The van der Waals surface area contributed by atoms with E-state index in [4.69, 9.17) is 23.2 Å². The van der Waals surface area contributed by atoms with Gasteiger partial charge in [0.25, 0.3) is 0 Å². The van der Waals surface area contributed by atoms with E-state index in [0.717, 1.165) is 16.3 Å². The summed E-state index contributed by atoms with van der Waals surface area (Å²) in [7, 11) is 0. The molecule has 2 aromatic heterocycles. The first-order valence-electron chi connectivity index (χ1n) is 3.54. The fourth-order valence-corrected chi connectivity index (χ4v) is 3.10. The van der Waals surface area contributed by atoms with E-state index in [1.165, 1.54) is 11.3 Å². The van der Waals surface area contributed by atoms with E-state index in [1.807, 2.05) is 18.4 Å². The molecule has 0 fully saturated rings. The number of halogens is 2. The molecule has 0 radical (unpaired) electrons. The Morgan fingerprint density at radius 3 is 2.62 bits per heavy atom. The van der Waals surface area contributed by atoms with Crippen molar-refractivity contribution in [1.82, 2.24) is 4.98 Å². The second kappa shape index (κ2) is 3.58. The normalized spacial score (nSPS) is 10.7. The summed E-state index contributed by atoms with van der Waals surface area (Å²) in [6.07, 6.45) is 0. The fourth-order valence-electron chi connectivity index (χ4n) is 1.00. The zero-order valence-electron chi connectivity index (χ0n) is 6.67. The van der Waals surface area contributed by atoms with Crippen LogP contribution in [0.2, 0.25) is 8.67 Å². The SMILES string of the molecule is Cc1nc(-c2cc(Cl)sc2Cl)cs1. The van der Waals surface area contributed by atoms with Crippen LogP contribution >= 0.6 is 45.9 Å². The summed E-state index contributed by atoms with van der Waals surface area (Å²) in [6.45, 7) is 1.97. The van der Waals surface area contributed by atoms with E-state index >= 15 is 0 Å². The molecule has 2 aromatic rings. The Hall–Kier alpha value is -0.0900. The molecule has 0 saturated carbocycles. The van der Waals surface area contributed by atoms with Crippen LogP contribution in [0.4, 0.5) is 0 Å². The molecular formula is C8H5Cl2NS2. The quantitative estimate of drug-likeness (QED) is 0.726. The van der Waals surface area contributed by atoms with E-state index in [-0.39, 0.29) is 0 Å². The minimum Gasteiger partial charge on any atom is -0.241 e. The third-order valence-corrected chi connectivity index (χ3v) is 3.81. The molecule has 0 aliphatic carbocycles. The molecule has 0 N–H and O–H groups in total. The molecule has 0 amide bonds. The molecule has 5 heteroatoms. The van der Waals surface area contributed by atoms with Crippen LogP contribution in [-0.4, -0.2) is 4.98 Å². The van der Waals surface area contributed by atoms with Gasteiger partial charge in [-0.15, -0.1) is 22.7 Å². The molecule has 0 atom stereocenters. The van der Waals surface area contributed by atoms with Crippen molar-refractivity contribution in [3.63, 3.8) is 0 Å². The minimum absolute atomic E-state index is 0.700. The van der Waals surface area contributed by atoms with Gasteiger partial charge in [0.2, 0.25) is 0 Å². The van der Waals surface area contributed by atoms with Crippen LogP contribution in [0, 0.1) is 6.92 Å². The third kappa shape index (κ3) is 1.89. The molecular weight excluding hydrogens is 245 g/mol. The number of hydrogen-bond donors (Lipinski definition) is 0. The lowest BCUT2D eigenvalue weighted by Crippen LogP contribution is -1.73. The van der Waals surface area contributed by atoms with Gasteiger partial charge in [0.15, 0.2) is 0 Å². The predicted octanol–water partition coefficient (Wildman–Crippen LogP) is 4.49. The Bertz CT molecular complexity index is 433. The van der Waals surface area contributed by atoms with Gasteiger partial charge < -0.3 is 0 Å². The van der Waals surface area contributed by atoms with Crippen molar-refractivity contribution < 1.29 is 0 Å². The van der Waals surface area contributed by atoms with Crippen LogP contribution in [0.5, 0.6) is 0 Å². The molecule has 1 nitrogen and oxygen atoms in total. The summed E-state index contributed by atoms with van der Waals surface area (Å²) in [5.74, 6) is 0. The Morgan fingerprint density at radius 1 is 1.38 bits per heavy atom. The second-order valence-electron chi connectivity index (χ2n) is 2.49. The number of aryl methyl sites for hydroxylation is 1. The van der Waals surface area contributed by atoms with Crippen molar-refractivity contribution in [2.45, 2.75) is 6.92 Å². The maximum atomic E-state index is 5.99. The predicted molar refractivity (Wildman–Crippen MR) is 60.2 cm³/mol. The number of thiophene rings is 1. The maximum absolute atomic E-state index is 5.99. The molecule has 0 unspecified atom stereocenters. The highest BCUT2D eigenvalue weighted by molar-refractivity contribution is 7.20. The first-order chi connectivity index (χ1) is 6.16. The van der Waals surface area contributed by atoms with Gasteiger partial charge in [-0.25, -0.2) is 4.98 Å². The summed E-state index contributed by atoms with van der Waals surface area (Å²) >= 11 is 14.8. The summed E-state index contributed by atoms with van der Waals surface area (Å²) in [5, 5.41) is 3.02. The number of nitrogens with zero attached hydrogens (tertiary/aromatic N) is 1. The first-order valence-corrected chi connectivity index (χ1v) is 5.99. The van der Waals surface area contributed by atoms with Gasteiger partial charge in [-0.1, -0.05) is 23.2 Å². The average Bonchev–Trinajstić information content (AvgIpc) is 2.58. The Balaban J connectivity index is 2.51. The highest BCUT2D eigenvalue weighted by atomic mass is 35.5. The monoisotopic (exact) mass is 249 g/mol. The maximum Gasteiger partial charge on any atom is 0.104 e. The summed E-state index contributed by atoms with van der Waals surface area (Å²) in [5.41, 5.74) is 1.84. The zero-order valence-corrected chi connectivity index (χ0v) is 9.82. The van der Waals surface area contributed by atoms with Crippen molar-refractivity contribution in [2.24, 2.45) is 0 Å². The Labute approximate surface area is 94.0 Å². The number of rotatable bonds is 1. The van der Waals surface area contributed by atoms with Crippen molar-refractivity contribution >= 4 is 45.9 Å². The number of thiazole rings is 1. The standard InChI is InChI=1S/C8H5Cl2NS2/c1-4-11-6(3-12-4)5-2-7(9)13-8(5)10/h2-3H,1H3. The van der Waals surface area contributed by atoms with Crippen molar-refractivity contribution in [3.05, 3.63) is 25.1 Å². The van der Waals surface area contributed by atoms with Crippen LogP contribution < -0.4 is 0 Å². The van der Waals surface area contributed by atoms with E-state index in [2.05, 4.69) is 4.98 Å². The molecule has 0 aliphatic rings. The van der Waals surface area contributed by atoms with Crippen molar-refractivity contribution in [2.75, 3.05) is 0 Å². The molecule has 0 saturated heterocycles. The summed E-state index contributed by atoms with van der Waals surface area (Å²) < 4.78 is 1.40. The summed E-state index contributed by atoms with van der Waals surface area (Å²) in [4.78, 5) is 4.34. The second-order valence-corrected chi connectivity index (χ2v) is 5.84. The molecule has 68 valence electrons. The van der Waals surface area contributed by atoms with Crippen LogP contribution in [-0.2, 0) is 0 Å². The van der Waals surface area contributed by atoms with Gasteiger partial charge in [-0.3, -0.25) is 0 Å². The van der Waals surface area contributed by atoms with Gasteiger partial charge in [0.05, 0.1) is 15.0 Å². The highest BCUT2D eigenvalue weighted by Gasteiger charge is 2.10. The Morgan fingerprint density at radius 2 is 2.15 bits per heavy atom. The fraction of sp³-hybridized carbons (Fsp3) is 0.125. The van der Waals surface area contributed by atoms with Crippen molar-refractivity contribution in [3.8, 4) is 11.3 Å². The smallest absolute Gasteiger partial charge is 0.104 e. The third-order valence-electron chi connectivity index (χ3n) is 1.55. The lowest BCUT2D eigenvalue weighted by Gasteiger charge is -1.89. The van der Waals surface area contributed by atoms with Crippen LogP contribution in [0.1, 0.15) is 5.01 Å². The Kier molecular flexibility index (Phi) is 2.60. The zero-order chi connectivity index (χ0) is 9.42. The van der Waals surface area contributed by atoms with E-state index in [1.54, 1.807) is 11.3 Å². The van der Waals surface area contributed by atoms with E-state index in [0.29, 0.717) is 8.67 Å². The molecule has 0 spiro atoms. The molecule has 2 rings (SSSR count). The number of aromatic nitrogens is 1. The molecule has 13 heavy (non-hydrogen) atoms. The van der Waals surface area contributed by atoms with Crippen LogP contribution in [0.3, 0.4) is 0 Å². The van der Waals surface area contributed by atoms with Gasteiger partial charge >= 0.3 is 0 Å². The summed E-state index contributed by atoms with van der Waals surface area (Å²) in [6, 6.07) is 1.85. The van der Waals surface area contributed by atoms with Gasteiger partial charge in [-0.2, -0.15) is 0 Å². The van der Waals surface area contributed by atoms with E-state index in [9.17, 15) is 0 Å². The van der Waals surface area contributed by atoms with Gasteiger partial charge in [-0.05, 0) is 13.0 Å². The van der Waals surface area contributed by atoms with Crippen LogP contribution in [0.25, 0.3) is 11.3 Å².